The first-order valence-corrected chi connectivity index (χ1v) is 4.22. The Labute approximate surface area is 72.3 Å². The van der Waals surface area contributed by atoms with Crippen molar-refractivity contribution in [2.24, 2.45) is 5.92 Å². The lowest BCUT2D eigenvalue weighted by atomic mass is 9.93. The summed E-state index contributed by atoms with van der Waals surface area (Å²) < 4.78 is 5.49. The summed E-state index contributed by atoms with van der Waals surface area (Å²) in [6.45, 7) is 2.72. The highest BCUT2D eigenvalue weighted by Gasteiger charge is 2.24. The molecule has 0 saturated carbocycles. The predicted octanol–water partition coefficient (Wildman–Crippen LogP) is 2.04. The zero-order chi connectivity index (χ0) is 8.55. The minimum atomic E-state index is -0.116. The van der Waals surface area contributed by atoms with Crippen LogP contribution in [-0.2, 0) is 0 Å². The van der Waals surface area contributed by atoms with E-state index in [4.69, 9.17) is 10.5 Å². The maximum absolute atomic E-state index is 7.88. The maximum Gasteiger partial charge on any atom is 0.124 e. The van der Waals surface area contributed by atoms with Gasteiger partial charge in [-0.15, -0.1) is 0 Å². The van der Waals surface area contributed by atoms with Gasteiger partial charge in [0.15, 0.2) is 0 Å². The first kappa shape index (κ1) is 7.62. The summed E-state index contributed by atoms with van der Waals surface area (Å²) in [5.74, 6) is 1.19. The zero-order valence-corrected chi connectivity index (χ0v) is 7.08. The number of hydrogen-bond donors (Lipinski definition) is 0. The molecule has 2 nitrogen and oxygen atoms in total. The van der Waals surface area contributed by atoms with Gasteiger partial charge in [-0.25, -0.2) is 5.73 Å². The molecule has 1 aliphatic rings. The highest BCUT2D eigenvalue weighted by Crippen LogP contribution is 2.33. The SMILES string of the molecule is CC1COc2ccccc2[C@@H]1[NH]. The van der Waals surface area contributed by atoms with E-state index in [1.165, 1.54) is 0 Å². The van der Waals surface area contributed by atoms with E-state index in [1.807, 2.05) is 31.2 Å². The Balaban J connectivity index is 2.42. The Bertz CT molecular complexity index is 285. The molecule has 1 aromatic rings. The summed E-state index contributed by atoms with van der Waals surface area (Å²) >= 11 is 0. The molecule has 0 amide bonds. The second kappa shape index (κ2) is 2.79. The van der Waals surface area contributed by atoms with Crippen LogP contribution in [0, 0.1) is 5.92 Å². The summed E-state index contributed by atoms with van der Waals surface area (Å²) in [5.41, 5.74) is 8.90. The molecule has 0 aromatic heterocycles. The molecular weight excluding hydrogens is 150 g/mol. The molecule has 1 unspecified atom stereocenters. The molecule has 2 atom stereocenters. The van der Waals surface area contributed by atoms with Gasteiger partial charge >= 0.3 is 0 Å². The Morgan fingerprint density at radius 1 is 1.42 bits per heavy atom. The van der Waals surface area contributed by atoms with Gasteiger partial charge in [0.2, 0.25) is 0 Å². The van der Waals surface area contributed by atoms with Crippen LogP contribution in [0.2, 0.25) is 0 Å². The van der Waals surface area contributed by atoms with E-state index in [2.05, 4.69) is 0 Å². The summed E-state index contributed by atoms with van der Waals surface area (Å²) in [4.78, 5) is 0. The average Bonchev–Trinajstić information content (AvgIpc) is 2.12. The molecule has 12 heavy (non-hydrogen) atoms. The van der Waals surface area contributed by atoms with Gasteiger partial charge in [0.1, 0.15) is 5.75 Å². The lowest BCUT2D eigenvalue weighted by Crippen LogP contribution is -2.24. The van der Waals surface area contributed by atoms with Crippen molar-refractivity contribution in [3.63, 3.8) is 0 Å². The second-order valence-corrected chi connectivity index (χ2v) is 3.30. The molecule has 0 spiro atoms. The molecule has 2 rings (SSSR count). The van der Waals surface area contributed by atoms with E-state index in [1.54, 1.807) is 0 Å². The van der Waals surface area contributed by atoms with E-state index >= 15 is 0 Å². The van der Waals surface area contributed by atoms with Crippen molar-refractivity contribution < 1.29 is 4.74 Å². The third-order valence-electron chi connectivity index (χ3n) is 2.32. The first-order chi connectivity index (χ1) is 5.79. The highest BCUT2D eigenvalue weighted by atomic mass is 16.5. The fourth-order valence-electron chi connectivity index (χ4n) is 1.49. The summed E-state index contributed by atoms with van der Waals surface area (Å²) in [7, 11) is 0. The molecule has 0 bridgehead atoms. The van der Waals surface area contributed by atoms with Crippen LogP contribution in [0.15, 0.2) is 24.3 Å². The summed E-state index contributed by atoms with van der Waals surface area (Å²) in [6.07, 6.45) is 0. The molecule has 1 N–H and O–H groups in total. The third kappa shape index (κ3) is 1.08. The van der Waals surface area contributed by atoms with Crippen LogP contribution >= 0.6 is 0 Å². The molecule has 0 fully saturated rings. The zero-order valence-electron chi connectivity index (χ0n) is 7.08. The largest absolute Gasteiger partial charge is 0.493 e. The van der Waals surface area contributed by atoms with Crippen LogP contribution in [0.1, 0.15) is 18.5 Å². The highest BCUT2D eigenvalue weighted by molar-refractivity contribution is 5.37. The van der Waals surface area contributed by atoms with E-state index in [0.717, 1.165) is 11.3 Å². The first-order valence-electron chi connectivity index (χ1n) is 4.22. The van der Waals surface area contributed by atoms with E-state index in [0.29, 0.717) is 12.5 Å². The maximum atomic E-state index is 7.88. The van der Waals surface area contributed by atoms with Crippen molar-refractivity contribution in [1.29, 1.82) is 0 Å². The monoisotopic (exact) mass is 162 g/mol. The third-order valence-corrected chi connectivity index (χ3v) is 2.32. The number of nitrogens with one attached hydrogen (secondary N) is 1. The van der Waals surface area contributed by atoms with Gasteiger partial charge in [-0.05, 0) is 6.07 Å². The molecule has 1 heterocycles. The van der Waals surface area contributed by atoms with Gasteiger partial charge in [-0.3, -0.25) is 0 Å². The van der Waals surface area contributed by atoms with Gasteiger partial charge in [0.05, 0.1) is 12.6 Å². The standard InChI is InChI=1S/C10H12NO/c1-7-6-12-9-5-3-2-4-8(9)10(7)11/h2-5,7,10-11H,6H2,1H3/t7?,10-/m1/s1. The summed E-state index contributed by atoms with van der Waals surface area (Å²) in [5, 5.41) is 0. The predicted molar refractivity (Wildman–Crippen MR) is 46.9 cm³/mol. The Morgan fingerprint density at radius 3 is 3.00 bits per heavy atom. The van der Waals surface area contributed by atoms with Crippen molar-refractivity contribution in [1.82, 2.24) is 5.73 Å². The van der Waals surface area contributed by atoms with Gasteiger partial charge in [0, 0.05) is 11.5 Å². The van der Waals surface area contributed by atoms with Crippen LogP contribution in [0.25, 0.3) is 0 Å². The number of rotatable bonds is 0. The van der Waals surface area contributed by atoms with Gasteiger partial charge in [-0.2, -0.15) is 0 Å². The van der Waals surface area contributed by atoms with Crippen molar-refractivity contribution in [2.45, 2.75) is 13.0 Å². The van der Waals surface area contributed by atoms with Crippen LogP contribution in [0.4, 0.5) is 0 Å². The van der Waals surface area contributed by atoms with E-state index in [-0.39, 0.29) is 6.04 Å². The van der Waals surface area contributed by atoms with Crippen LogP contribution < -0.4 is 10.5 Å². The van der Waals surface area contributed by atoms with Crippen LogP contribution in [0.5, 0.6) is 5.75 Å². The van der Waals surface area contributed by atoms with Gasteiger partial charge < -0.3 is 4.74 Å². The number of benzene rings is 1. The minimum Gasteiger partial charge on any atom is -0.493 e. The second-order valence-electron chi connectivity index (χ2n) is 3.30. The number of fused-ring (bicyclic) bond motifs is 1. The molecular formula is C10H12NO. The fourth-order valence-corrected chi connectivity index (χ4v) is 1.49. The number of hydrogen-bond acceptors (Lipinski definition) is 1. The summed E-state index contributed by atoms with van der Waals surface area (Å²) in [6, 6.07) is 7.70. The number of ether oxygens (including phenoxy) is 1. The lowest BCUT2D eigenvalue weighted by molar-refractivity contribution is 0.204. The molecule has 2 heteroatoms. The molecule has 1 aliphatic heterocycles. The van der Waals surface area contributed by atoms with Crippen molar-refractivity contribution in [3.8, 4) is 5.75 Å². The smallest absolute Gasteiger partial charge is 0.124 e. The van der Waals surface area contributed by atoms with E-state index in [9.17, 15) is 0 Å². The Hall–Kier alpha value is -1.02. The fraction of sp³-hybridized carbons (Fsp3) is 0.400. The van der Waals surface area contributed by atoms with Crippen LogP contribution in [0.3, 0.4) is 0 Å². The quantitative estimate of drug-likeness (QED) is 0.574. The van der Waals surface area contributed by atoms with Crippen molar-refractivity contribution in [2.75, 3.05) is 6.61 Å². The van der Waals surface area contributed by atoms with Gasteiger partial charge in [-0.1, -0.05) is 25.1 Å². The number of para-hydroxylation sites is 1. The normalized spacial score (nSPS) is 27.5. The van der Waals surface area contributed by atoms with Crippen molar-refractivity contribution >= 4 is 0 Å². The van der Waals surface area contributed by atoms with Gasteiger partial charge in [0.25, 0.3) is 0 Å². The topological polar surface area (TPSA) is 33.0 Å². The van der Waals surface area contributed by atoms with Crippen molar-refractivity contribution in [3.05, 3.63) is 29.8 Å². The Morgan fingerprint density at radius 2 is 2.17 bits per heavy atom. The van der Waals surface area contributed by atoms with E-state index < -0.39 is 0 Å². The molecule has 1 radical (unpaired) electrons. The Kier molecular flexibility index (Phi) is 1.77. The molecule has 1 aromatic carbocycles. The lowest BCUT2D eigenvalue weighted by Gasteiger charge is -2.27. The van der Waals surface area contributed by atoms with Crippen LogP contribution in [-0.4, -0.2) is 6.61 Å². The average molecular weight is 162 g/mol. The molecule has 0 aliphatic carbocycles. The molecule has 63 valence electrons. The minimum absolute atomic E-state index is 0.116. The molecule has 0 saturated heterocycles.